The molecular formula is C9H15NO3. The minimum absolute atomic E-state index is 0.329. The van der Waals surface area contributed by atoms with Gasteiger partial charge >= 0.3 is 0 Å². The molecule has 1 amide bonds. The highest BCUT2D eigenvalue weighted by Crippen LogP contribution is 2.29. The van der Waals surface area contributed by atoms with Crippen molar-refractivity contribution in [2.45, 2.75) is 44.1 Å². The first-order valence-corrected chi connectivity index (χ1v) is 4.63. The number of ether oxygens (including phenoxy) is 1. The van der Waals surface area contributed by atoms with Gasteiger partial charge in [0.15, 0.2) is 5.60 Å². The summed E-state index contributed by atoms with van der Waals surface area (Å²) in [5, 5.41) is 0. The fourth-order valence-corrected chi connectivity index (χ4v) is 1.81. The van der Waals surface area contributed by atoms with Crippen LogP contribution in [0.4, 0.5) is 0 Å². The topological polar surface area (TPSA) is 69.4 Å². The van der Waals surface area contributed by atoms with Gasteiger partial charge in [0.05, 0.1) is 0 Å². The van der Waals surface area contributed by atoms with E-state index in [0.717, 1.165) is 25.7 Å². The third-order valence-electron chi connectivity index (χ3n) is 2.63. The summed E-state index contributed by atoms with van der Waals surface area (Å²) in [7, 11) is 0. The third-order valence-corrected chi connectivity index (χ3v) is 2.63. The molecule has 4 nitrogen and oxygen atoms in total. The van der Waals surface area contributed by atoms with Crippen molar-refractivity contribution in [3.63, 3.8) is 0 Å². The lowest BCUT2D eigenvalue weighted by Gasteiger charge is -2.26. The number of hydrogen-bond donors (Lipinski definition) is 1. The first-order valence-electron chi connectivity index (χ1n) is 4.63. The van der Waals surface area contributed by atoms with E-state index in [1.54, 1.807) is 0 Å². The zero-order chi connectivity index (χ0) is 9.73. The molecule has 0 aliphatic heterocycles. The molecule has 0 aromatic rings. The van der Waals surface area contributed by atoms with Crippen molar-refractivity contribution in [1.82, 2.24) is 0 Å². The number of amides is 1. The van der Waals surface area contributed by atoms with Crippen LogP contribution >= 0.6 is 0 Å². The summed E-state index contributed by atoms with van der Waals surface area (Å²) in [6, 6.07) is 0. The Morgan fingerprint density at radius 3 is 2.15 bits per heavy atom. The number of rotatable bonds is 3. The number of hydrogen-bond acceptors (Lipinski definition) is 3. The Labute approximate surface area is 77.4 Å². The molecule has 0 unspecified atom stereocenters. The highest BCUT2D eigenvalue weighted by molar-refractivity contribution is 5.84. The lowest BCUT2D eigenvalue weighted by Crippen LogP contribution is -2.45. The molecule has 1 aliphatic rings. The largest absolute Gasteiger partial charge is 0.451 e. The molecule has 0 aromatic heterocycles. The highest BCUT2D eigenvalue weighted by atomic mass is 16.5. The van der Waals surface area contributed by atoms with E-state index in [1.165, 1.54) is 0 Å². The van der Waals surface area contributed by atoms with Crippen LogP contribution in [-0.4, -0.2) is 18.0 Å². The molecule has 0 bridgehead atoms. The maximum absolute atomic E-state index is 11.2. The molecule has 1 saturated carbocycles. The summed E-state index contributed by atoms with van der Waals surface area (Å²) in [6.07, 6.45) is 5.10. The quantitative estimate of drug-likeness (QED) is 0.520. The molecule has 4 heteroatoms. The summed E-state index contributed by atoms with van der Waals surface area (Å²) in [5.74, 6) is -0.512. The van der Waals surface area contributed by atoms with E-state index in [1.807, 2.05) is 0 Å². The maximum atomic E-state index is 11.2. The van der Waals surface area contributed by atoms with Crippen LogP contribution in [0.3, 0.4) is 0 Å². The number of nitrogens with two attached hydrogens (primary N) is 1. The van der Waals surface area contributed by atoms with Crippen molar-refractivity contribution < 1.29 is 14.3 Å². The van der Waals surface area contributed by atoms with E-state index in [2.05, 4.69) is 0 Å². The minimum Gasteiger partial charge on any atom is -0.451 e. The normalized spacial score (nSPS) is 21.5. The fraction of sp³-hybridized carbons (Fsp3) is 0.778. The Morgan fingerprint density at radius 2 is 1.77 bits per heavy atom. The third kappa shape index (κ3) is 2.20. The average Bonchev–Trinajstić information content (AvgIpc) is 2.31. The van der Waals surface area contributed by atoms with Gasteiger partial charge in [-0.1, -0.05) is 12.8 Å². The second kappa shape index (κ2) is 4.25. The monoisotopic (exact) mass is 185 g/mol. The molecule has 2 N–H and O–H groups in total. The number of primary amides is 1. The van der Waals surface area contributed by atoms with Crippen LogP contribution in [0.25, 0.3) is 0 Å². The van der Waals surface area contributed by atoms with Gasteiger partial charge in [0.2, 0.25) is 0 Å². The molecular weight excluding hydrogens is 170 g/mol. The second-order valence-corrected chi connectivity index (χ2v) is 3.49. The van der Waals surface area contributed by atoms with Gasteiger partial charge in [-0.05, 0) is 25.7 Å². The minimum atomic E-state index is -1.02. The Kier molecular flexibility index (Phi) is 3.28. The molecule has 1 aliphatic carbocycles. The van der Waals surface area contributed by atoms with Gasteiger partial charge < -0.3 is 10.5 Å². The van der Waals surface area contributed by atoms with E-state index >= 15 is 0 Å². The molecule has 0 heterocycles. The van der Waals surface area contributed by atoms with Gasteiger partial charge in [-0.15, -0.1) is 0 Å². The van der Waals surface area contributed by atoms with Crippen molar-refractivity contribution in [2.75, 3.05) is 0 Å². The van der Waals surface area contributed by atoms with E-state index < -0.39 is 11.5 Å². The van der Waals surface area contributed by atoms with Gasteiger partial charge in [0.1, 0.15) is 0 Å². The standard InChI is InChI=1S/C9H15NO3/c10-8(12)9(13-7-11)5-3-1-2-4-6-9/h7H,1-6H2,(H2,10,12). The lowest BCUT2D eigenvalue weighted by molar-refractivity contribution is -0.157. The Balaban J connectivity index is 2.73. The van der Waals surface area contributed by atoms with Crippen molar-refractivity contribution in [2.24, 2.45) is 5.73 Å². The summed E-state index contributed by atoms with van der Waals surface area (Å²) in [4.78, 5) is 21.4. The van der Waals surface area contributed by atoms with E-state index in [0.29, 0.717) is 19.3 Å². The zero-order valence-corrected chi connectivity index (χ0v) is 7.62. The van der Waals surface area contributed by atoms with Crippen LogP contribution in [0.5, 0.6) is 0 Å². The second-order valence-electron chi connectivity index (χ2n) is 3.49. The van der Waals surface area contributed by atoms with Gasteiger partial charge in [-0.2, -0.15) is 0 Å². The van der Waals surface area contributed by atoms with Crippen LogP contribution in [0.1, 0.15) is 38.5 Å². The molecule has 0 saturated heterocycles. The zero-order valence-electron chi connectivity index (χ0n) is 7.62. The van der Waals surface area contributed by atoms with Crippen molar-refractivity contribution in [1.29, 1.82) is 0 Å². The van der Waals surface area contributed by atoms with E-state index in [4.69, 9.17) is 10.5 Å². The van der Waals surface area contributed by atoms with Crippen LogP contribution in [-0.2, 0) is 14.3 Å². The first-order chi connectivity index (χ1) is 6.21. The Morgan fingerprint density at radius 1 is 1.23 bits per heavy atom. The van der Waals surface area contributed by atoms with Gasteiger partial charge in [-0.3, -0.25) is 9.59 Å². The van der Waals surface area contributed by atoms with Gasteiger partial charge in [-0.25, -0.2) is 0 Å². The molecule has 0 aromatic carbocycles. The predicted molar refractivity (Wildman–Crippen MR) is 46.8 cm³/mol. The summed E-state index contributed by atoms with van der Waals surface area (Å²) < 4.78 is 4.86. The molecule has 0 spiro atoms. The Hall–Kier alpha value is -1.06. The molecule has 1 rings (SSSR count). The van der Waals surface area contributed by atoms with Gasteiger partial charge in [0, 0.05) is 0 Å². The molecule has 1 fully saturated rings. The number of carbonyl (C=O) groups excluding carboxylic acids is 2. The van der Waals surface area contributed by atoms with Crippen LogP contribution < -0.4 is 5.73 Å². The van der Waals surface area contributed by atoms with Crippen LogP contribution in [0, 0.1) is 0 Å². The lowest BCUT2D eigenvalue weighted by atomic mass is 9.93. The summed E-state index contributed by atoms with van der Waals surface area (Å²) in [5.41, 5.74) is 4.22. The molecule has 0 atom stereocenters. The summed E-state index contributed by atoms with van der Waals surface area (Å²) >= 11 is 0. The number of carbonyl (C=O) groups is 2. The first kappa shape index (κ1) is 10.0. The van der Waals surface area contributed by atoms with Crippen LogP contribution in [0.2, 0.25) is 0 Å². The predicted octanol–water partition coefficient (Wildman–Crippen LogP) is 0.738. The molecule has 13 heavy (non-hydrogen) atoms. The molecule has 74 valence electrons. The fourth-order valence-electron chi connectivity index (χ4n) is 1.81. The maximum Gasteiger partial charge on any atom is 0.294 e. The van der Waals surface area contributed by atoms with E-state index in [-0.39, 0.29) is 0 Å². The average molecular weight is 185 g/mol. The van der Waals surface area contributed by atoms with Crippen molar-refractivity contribution in [3.8, 4) is 0 Å². The van der Waals surface area contributed by atoms with Crippen molar-refractivity contribution >= 4 is 12.4 Å². The summed E-state index contributed by atoms with van der Waals surface area (Å²) in [6.45, 7) is 0.329. The Bertz CT molecular complexity index is 195. The smallest absolute Gasteiger partial charge is 0.294 e. The highest BCUT2D eigenvalue weighted by Gasteiger charge is 2.38. The van der Waals surface area contributed by atoms with Crippen molar-refractivity contribution in [3.05, 3.63) is 0 Å². The van der Waals surface area contributed by atoms with Crippen LogP contribution in [0.15, 0.2) is 0 Å². The van der Waals surface area contributed by atoms with E-state index in [9.17, 15) is 9.59 Å². The van der Waals surface area contributed by atoms with Gasteiger partial charge in [0.25, 0.3) is 12.4 Å². The molecule has 0 radical (unpaired) electrons. The SMILES string of the molecule is NC(=O)C1(OC=O)CCCCCC1.